The molecular weight excluding hydrogens is 170 g/mol. The largest absolute Gasteiger partial charge is 0.311 e. The van der Waals surface area contributed by atoms with Crippen molar-refractivity contribution in [3.05, 3.63) is 0 Å². The second-order valence-electron chi connectivity index (χ2n) is 4.31. The smallest absolute Gasteiger partial charge is 0.00670 e. The van der Waals surface area contributed by atoms with Crippen LogP contribution in [0.5, 0.6) is 0 Å². The zero-order chi connectivity index (χ0) is 10.8. The van der Waals surface area contributed by atoms with E-state index in [1.54, 1.807) is 0 Å². The first-order valence-electron chi connectivity index (χ1n) is 6.54. The third kappa shape index (κ3) is 6.42. The Morgan fingerprint density at radius 2 is 1.36 bits per heavy atom. The maximum atomic E-state index is 3.79. The first-order chi connectivity index (χ1) is 6.78. The van der Waals surface area contributed by atoms with Crippen LogP contribution >= 0.6 is 0 Å². The number of unbranched alkanes of at least 4 members (excludes halogenated alkanes) is 1. The van der Waals surface area contributed by atoms with Crippen LogP contribution in [0.4, 0.5) is 0 Å². The molecule has 0 rings (SSSR count). The summed E-state index contributed by atoms with van der Waals surface area (Å²) in [5.41, 5.74) is 0. The number of hydrogen-bond donors (Lipinski definition) is 1. The highest BCUT2D eigenvalue weighted by atomic mass is 14.9. The van der Waals surface area contributed by atoms with E-state index in [0.717, 1.165) is 12.1 Å². The van der Waals surface area contributed by atoms with Gasteiger partial charge in [0.1, 0.15) is 0 Å². The molecule has 1 N–H and O–H groups in total. The van der Waals surface area contributed by atoms with E-state index in [1.165, 1.54) is 44.9 Å². The second-order valence-corrected chi connectivity index (χ2v) is 4.31. The van der Waals surface area contributed by atoms with Crippen molar-refractivity contribution in [2.24, 2.45) is 0 Å². The van der Waals surface area contributed by atoms with Gasteiger partial charge in [-0.25, -0.2) is 0 Å². The molecule has 0 aliphatic carbocycles. The molecule has 0 fully saturated rings. The lowest BCUT2D eigenvalue weighted by Crippen LogP contribution is -2.37. The van der Waals surface area contributed by atoms with Crippen molar-refractivity contribution in [2.75, 3.05) is 0 Å². The summed E-state index contributed by atoms with van der Waals surface area (Å²) in [5, 5.41) is 3.79. The molecule has 0 aromatic carbocycles. The Morgan fingerprint density at radius 3 is 1.79 bits per heavy atom. The summed E-state index contributed by atoms with van der Waals surface area (Å²) in [7, 11) is 0. The molecule has 0 heterocycles. The minimum Gasteiger partial charge on any atom is -0.311 e. The van der Waals surface area contributed by atoms with Crippen molar-refractivity contribution < 1.29 is 0 Å². The van der Waals surface area contributed by atoms with Gasteiger partial charge < -0.3 is 5.32 Å². The van der Waals surface area contributed by atoms with Crippen LogP contribution in [0.1, 0.15) is 72.6 Å². The SMILES string of the molecule is CCCCC(CC)NC(CC)CCC. The third-order valence-corrected chi connectivity index (χ3v) is 3.00. The molecule has 0 aromatic heterocycles. The van der Waals surface area contributed by atoms with Gasteiger partial charge in [-0.05, 0) is 25.7 Å². The van der Waals surface area contributed by atoms with Crippen molar-refractivity contribution >= 4 is 0 Å². The maximum absolute atomic E-state index is 3.79. The highest BCUT2D eigenvalue weighted by Gasteiger charge is 2.10. The van der Waals surface area contributed by atoms with Gasteiger partial charge in [0.25, 0.3) is 0 Å². The average Bonchev–Trinajstić information content (AvgIpc) is 2.22. The summed E-state index contributed by atoms with van der Waals surface area (Å²) < 4.78 is 0. The van der Waals surface area contributed by atoms with Crippen molar-refractivity contribution in [3.63, 3.8) is 0 Å². The third-order valence-electron chi connectivity index (χ3n) is 3.00. The molecule has 0 aromatic rings. The first-order valence-corrected chi connectivity index (χ1v) is 6.54. The molecule has 2 unspecified atom stereocenters. The zero-order valence-electron chi connectivity index (χ0n) is 10.6. The fourth-order valence-corrected chi connectivity index (χ4v) is 1.94. The molecule has 1 nitrogen and oxygen atoms in total. The van der Waals surface area contributed by atoms with Crippen LogP contribution in [-0.4, -0.2) is 12.1 Å². The van der Waals surface area contributed by atoms with Gasteiger partial charge in [0.05, 0.1) is 0 Å². The lowest BCUT2D eigenvalue weighted by Gasteiger charge is -2.23. The van der Waals surface area contributed by atoms with Crippen LogP contribution in [0, 0.1) is 0 Å². The van der Waals surface area contributed by atoms with Gasteiger partial charge in [-0.2, -0.15) is 0 Å². The minimum absolute atomic E-state index is 0.752. The van der Waals surface area contributed by atoms with Crippen molar-refractivity contribution in [3.8, 4) is 0 Å². The highest BCUT2D eigenvalue weighted by Crippen LogP contribution is 2.09. The Morgan fingerprint density at radius 1 is 0.786 bits per heavy atom. The van der Waals surface area contributed by atoms with Gasteiger partial charge in [0, 0.05) is 12.1 Å². The molecular formula is C13H29N. The second kappa shape index (κ2) is 9.51. The molecule has 0 aliphatic rings. The van der Waals surface area contributed by atoms with E-state index >= 15 is 0 Å². The molecule has 0 bridgehead atoms. The van der Waals surface area contributed by atoms with Crippen LogP contribution in [0.3, 0.4) is 0 Å². The van der Waals surface area contributed by atoms with Crippen LogP contribution in [0.25, 0.3) is 0 Å². The maximum Gasteiger partial charge on any atom is 0.00670 e. The minimum atomic E-state index is 0.752. The molecule has 0 saturated carbocycles. The van der Waals surface area contributed by atoms with E-state index < -0.39 is 0 Å². The van der Waals surface area contributed by atoms with Crippen LogP contribution < -0.4 is 5.32 Å². The van der Waals surface area contributed by atoms with Crippen molar-refractivity contribution in [2.45, 2.75) is 84.7 Å². The van der Waals surface area contributed by atoms with E-state index in [2.05, 4.69) is 33.0 Å². The van der Waals surface area contributed by atoms with E-state index in [4.69, 9.17) is 0 Å². The fraction of sp³-hybridized carbons (Fsp3) is 1.00. The number of hydrogen-bond acceptors (Lipinski definition) is 1. The Labute approximate surface area is 90.7 Å². The Balaban J connectivity index is 3.75. The molecule has 1 heteroatoms. The zero-order valence-corrected chi connectivity index (χ0v) is 10.6. The van der Waals surface area contributed by atoms with Gasteiger partial charge in [0.2, 0.25) is 0 Å². The van der Waals surface area contributed by atoms with Gasteiger partial charge in [-0.1, -0.05) is 47.0 Å². The van der Waals surface area contributed by atoms with E-state index in [-0.39, 0.29) is 0 Å². The molecule has 86 valence electrons. The number of nitrogens with one attached hydrogen (secondary N) is 1. The Hall–Kier alpha value is -0.0400. The highest BCUT2D eigenvalue weighted by molar-refractivity contribution is 4.72. The van der Waals surface area contributed by atoms with Crippen molar-refractivity contribution in [1.29, 1.82) is 0 Å². The van der Waals surface area contributed by atoms with Crippen LogP contribution in [-0.2, 0) is 0 Å². The Bertz CT molecular complexity index is 112. The van der Waals surface area contributed by atoms with Gasteiger partial charge >= 0.3 is 0 Å². The normalized spacial score (nSPS) is 15.4. The van der Waals surface area contributed by atoms with Gasteiger partial charge in [0.15, 0.2) is 0 Å². The average molecular weight is 199 g/mol. The van der Waals surface area contributed by atoms with Crippen LogP contribution in [0.15, 0.2) is 0 Å². The summed E-state index contributed by atoms with van der Waals surface area (Å²) in [5.74, 6) is 0. The van der Waals surface area contributed by atoms with Gasteiger partial charge in [-0.3, -0.25) is 0 Å². The summed E-state index contributed by atoms with van der Waals surface area (Å²) in [6, 6.07) is 1.51. The lowest BCUT2D eigenvalue weighted by atomic mass is 10.0. The summed E-state index contributed by atoms with van der Waals surface area (Å²) in [6.07, 6.45) is 9.23. The fourth-order valence-electron chi connectivity index (χ4n) is 1.94. The van der Waals surface area contributed by atoms with Crippen LogP contribution in [0.2, 0.25) is 0 Å². The topological polar surface area (TPSA) is 12.0 Å². The first kappa shape index (κ1) is 14.0. The monoisotopic (exact) mass is 199 g/mol. The standard InChI is InChI=1S/C13H29N/c1-5-9-11-13(8-4)14-12(7-3)10-6-2/h12-14H,5-11H2,1-4H3. The lowest BCUT2D eigenvalue weighted by molar-refractivity contribution is 0.366. The summed E-state index contributed by atoms with van der Waals surface area (Å²) in [4.78, 5) is 0. The summed E-state index contributed by atoms with van der Waals surface area (Å²) in [6.45, 7) is 9.14. The Kier molecular flexibility index (Phi) is 9.49. The molecule has 0 aliphatic heterocycles. The quantitative estimate of drug-likeness (QED) is 0.589. The summed E-state index contributed by atoms with van der Waals surface area (Å²) >= 11 is 0. The molecule has 0 saturated heterocycles. The molecule has 0 spiro atoms. The van der Waals surface area contributed by atoms with Gasteiger partial charge in [-0.15, -0.1) is 0 Å². The van der Waals surface area contributed by atoms with E-state index in [1.807, 2.05) is 0 Å². The molecule has 14 heavy (non-hydrogen) atoms. The molecule has 0 radical (unpaired) electrons. The van der Waals surface area contributed by atoms with E-state index in [0.29, 0.717) is 0 Å². The predicted molar refractivity (Wildman–Crippen MR) is 65.7 cm³/mol. The molecule has 2 atom stereocenters. The molecule has 0 amide bonds. The van der Waals surface area contributed by atoms with E-state index in [9.17, 15) is 0 Å². The van der Waals surface area contributed by atoms with Crippen molar-refractivity contribution in [1.82, 2.24) is 5.32 Å². The predicted octanol–water partition coefficient (Wildman–Crippen LogP) is 4.12. The number of rotatable bonds is 9.